The van der Waals surface area contributed by atoms with E-state index in [0.29, 0.717) is 49.1 Å². The van der Waals surface area contributed by atoms with E-state index in [4.69, 9.17) is 4.74 Å². The fraction of sp³-hybridized carbons (Fsp3) is 0.467. The summed E-state index contributed by atoms with van der Waals surface area (Å²) in [6.07, 6.45) is 0.390. The van der Waals surface area contributed by atoms with Crippen molar-refractivity contribution in [3.8, 4) is 5.69 Å². The number of carbonyl (C=O) groups excluding carboxylic acids is 2. The molecule has 0 spiro atoms. The van der Waals surface area contributed by atoms with Crippen LogP contribution >= 0.6 is 0 Å². The zero-order valence-corrected chi connectivity index (χ0v) is 27.0. The number of ether oxygens (including phenoxy) is 1. The molecule has 0 bridgehead atoms. The van der Waals surface area contributed by atoms with Gasteiger partial charge in [-0.3, -0.25) is 5.32 Å². The first-order valence-electron chi connectivity index (χ1n) is 14.3. The Morgan fingerprint density at radius 2 is 1.58 bits per heavy atom. The third-order valence-electron chi connectivity index (χ3n) is 7.41. The van der Waals surface area contributed by atoms with Crippen LogP contribution in [-0.2, 0) is 19.3 Å². The number of amides is 3. The van der Waals surface area contributed by atoms with E-state index in [-0.39, 0.29) is 17.6 Å². The fourth-order valence-electron chi connectivity index (χ4n) is 4.71. The van der Waals surface area contributed by atoms with E-state index in [9.17, 15) is 26.8 Å². The van der Waals surface area contributed by atoms with Crippen molar-refractivity contribution in [1.29, 1.82) is 0 Å². The Balaban J connectivity index is 1.51. The third-order valence-corrected chi connectivity index (χ3v) is 9.26. The molecule has 12 nitrogen and oxygen atoms in total. The summed E-state index contributed by atoms with van der Waals surface area (Å²) in [5, 5.41) is 9.57. The number of aryl methyl sites for hydroxylation is 2. The van der Waals surface area contributed by atoms with Crippen LogP contribution in [0.2, 0.25) is 0 Å². The maximum absolute atomic E-state index is 14.2. The average molecular weight is 648 g/mol. The molecule has 15 heteroatoms. The van der Waals surface area contributed by atoms with E-state index in [1.54, 1.807) is 48.2 Å². The first-order chi connectivity index (χ1) is 21.1. The lowest BCUT2D eigenvalue weighted by Crippen LogP contribution is -2.50. The molecule has 1 aliphatic rings. The van der Waals surface area contributed by atoms with Crippen molar-refractivity contribution < 1.29 is 31.5 Å². The maximum atomic E-state index is 14.2. The number of rotatable bonds is 8. The van der Waals surface area contributed by atoms with Crippen molar-refractivity contribution in [2.75, 3.05) is 61.3 Å². The zero-order chi connectivity index (χ0) is 33.2. The molecule has 3 heterocycles. The first kappa shape index (κ1) is 33.6. The van der Waals surface area contributed by atoms with Crippen LogP contribution < -0.4 is 15.5 Å². The SMILES string of the molecule is Cc1ccc(-n2nc(C(CF)(CF)S(C)(=O)=O)cc2NC(=O)Nc2ccc(N3CCN(C(=O)OC(C)(C)C)CC3)nc2C)cc1. The molecule has 244 valence electrons. The van der Waals surface area contributed by atoms with Gasteiger partial charge in [0.15, 0.2) is 14.6 Å². The molecule has 0 atom stereocenters. The van der Waals surface area contributed by atoms with Gasteiger partial charge in [-0.25, -0.2) is 36.5 Å². The Labute approximate surface area is 261 Å². The Morgan fingerprint density at radius 3 is 2.11 bits per heavy atom. The molecule has 3 aromatic rings. The summed E-state index contributed by atoms with van der Waals surface area (Å²) in [4.78, 5) is 33.8. The number of nitrogens with one attached hydrogen (secondary N) is 2. The minimum Gasteiger partial charge on any atom is -0.444 e. The molecule has 1 fully saturated rings. The van der Waals surface area contributed by atoms with Crippen LogP contribution in [0.5, 0.6) is 0 Å². The number of carbonyl (C=O) groups is 2. The number of aromatic nitrogens is 3. The van der Waals surface area contributed by atoms with Gasteiger partial charge >= 0.3 is 12.1 Å². The lowest BCUT2D eigenvalue weighted by molar-refractivity contribution is 0.0240. The smallest absolute Gasteiger partial charge is 0.410 e. The largest absolute Gasteiger partial charge is 0.444 e. The molecule has 0 radical (unpaired) electrons. The second kappa shape index (κ2) is 13.0. The molecule has 4 rings (SSSR count). The van der Waals surface area contributed by atoms with Crippen molar-refractivity contribution >= 4 is 39.3 Å². The molecule has 0 unspecified atom stereocenters. The summed E-state index contributed by atoms with van der Waals surface area (Å²) in [6.45, 7) is 8.05. The van der Waals surface area contributed by atoms with Gasteiger partial charge in [0.2, 0.25) is 0 Å². The predicted octanol–water partition coefficient (Wildman–Crippen LogP) is 4.76. The van der Waals surface area contributed by atoms with Gasteiger partial charge in [0.05, 0.1) is 22.8 Å². The standard InChI is InChI=1S/C30H39F2N7O5S/c1-20-7-9-22(10-8-20)39-26(17-24(36-39)30(18-31,19-32)45(6,42)43)35-27(40)34-23-11-12-25(33-21(23)2)37-13-15-38(16-14-37)28(41)44-29(3,4)5/h7-12,17H,13-16,18-19H2,1-6H3,(H2,34,35,40). The quantitative estimate of drug-likeness (QED) is 0.357. The Bertz CT molecular complexity index is 1640. The van der Waals surface area contributed by atoms with E-state index in [2.05, 4.69) is 20.7 Å². The number of anilines is 3. The number of hydrogen-bond acceptors (Lipinski definition) is 8. The third kappa shape index (κ3) is 7.52. The molecule has 1 aliphatic heterocycles. The Hall–Kier alpha value is -4.27. The highest BCUT2D eigenvalue weighted by atomic mass is 32.2. The van der Waals surface area contributed by atoms with Gasteiger partial charge in [-0.1, -0.05) is 17.7 Å². The van der Waals surface area contributed by atoms with E-state index in [1.807, 2.05) is 32.6 Å². The molecule has 2 N–H and O–H groups in total. The summed E-state index contributed by atoms with van der Waals surface area (Å²) in [7, 11) is -4.27. The topological polar surface area (TPSA) is 139 Å². The van der Waals surface area contributed by atoms with Crippen LogP contribution in [0.25, 0.3) is 5.69 Å². The van der Waals surface area contributed by atoms with E-state index < -0.39 is 39.6 Å². The molecular weight excluding hydrogens is 608 g/mol. The van der Waals surface area contributed by atoms with Gasteiger partial charge in [0, 0.05) is 38.5 Å². The van der Waals surface area contributed by atoms with Crippen LogP contribution in [-0.4, -0.2) is 91.6 Å². The number of piperazine rings is 1. The van der Waals surface area contributed by atoms with Crippen molar-refractivity contribution in [3.63, 3.8) is 0 Å². The number of pyridine rings is 1. The monoisotopic (exact) mass is 647 g/mol. The molecule has 1 saturated heterocycles. The van der Waals surface area contributed by atoms with E-state index in [0.717, 1.165) is 17.9 Å². The molecule has 2 aromatic heterocycles. The van der Waals surface area contributed by atoms with Gasteiger partial charge < -0.3 is 19.9 Å². The maximum Gasteiger partial charge on any atom is 0.410 e. The van der Waals surface area contributed by atoms with Crippen LogP contribution in [0.15, 0.2) is 42.5 Å². The highest BCUT2D eigenvalue weighted by molar-refractivity contribution is 7.91. The number of halogens is 2. The minimum absolute atomic E-state index is 0.00590. The normalized spacial score (nSPS) is 14.3. The fourth-order valence-corrected chi connectivity index (χ4v) is 5.58. The summed E-state index contributed by atoms with van der Waals surface area (Å²) < 4.78 is 57.5. The number of hydrogen-bond donors (Lipinski definition) is 2. The second-order valence-corrected chi connectivity index (χ2v) is 14.4. The van der Waals surface area contributed by atoms with Gasteiger partial charge in [-0.05, 0) is 58.9 Å². The van der Waals surface area contributed by atoms with Crippen LogP contribution in [0.1, 0.15) is 37.7 Å². The number of nitrogens with zero attached hydrogens (tertiary/aromatic N) is 5. The molecular formula is C30H39F2N7O5S. The summed E-state index contributed by atoms with van der Waals surface area (Å²) in [5.41, 5.74) is 1.36. The van der Waals surface area contributed by atoms with Crippen LogP contribution in [0, 0.1) is 13.8 Å². The Kier molecular flexibility index (Phi) is 9.71. The van der Waals surface area contributed by atoms with Crippen molar-refractivity contribution in [2.45, 2.75) is 45.0 Å². The van der Waals surface area contributed by atoms with Crippen LogP contribution in [0.4, 0.5) is 35.7 Å². The van der Waals surface area contributed by atoms with Gasteiger partial charge in [0.25, 0.3) is 0 Å². The summed E-state index contributed by atoms with van der Waals surface area (Å²) in [5.74, 6) is 0.685. The highest BCUT2D eigenvalue weighted by Crippen LogP contribution is 2.33. The van der Waals surface area contributed by atoms with E-state index >= 15 is 0 Å². The average Bonchev–Trinajstić information content (AvgIpc) is 3.37. The zero-order valence-electron chi connectivity index (χ0n) is 26.2. The van der Waals surface area contributed by atoms with Crippen molar-refractivity contribution in [1.82, 2.24) is 19.7 Å². The van der Waals surface area contributed by atoms with Crippen molar-refractivity contribution in [2.24, 2.45) is 0 Å². The van der Waals surface area contributed by atoms with Gasteiger partial charge in [-0.2, -0.15) is 5.10 Å². The second-order valence-electron chi connectivity index (χ2n) is 12.0. The van der Waals surface area contributed by atoms with Gasteiger partial charge in [0.1, 0.15) is 30.6 Å². The first-order valence-corrected chi connectivity index (χ1v) is 16.2. The number of urea groups is 1. The number of sulfone groups is 1. The molecule has 3 amide bonds. The molecule has 0 saturated carbocycles. The molecule has 1 aromatic carbocycles. The predicted molar refractivity (Wildman–Crippen MR) is 168 cm³/mol. The highest BCUT2D eigenvalue weighted by Gasteiger charge is 2.46. The number of alkyl halides is 2. The summed E-state index contributed by atoms with van der Waals surface area (Å²) in [6, 6.07) is 10.8. The van der Waals surface area contributed by atoms with Crippen molar-refractivity contribution in [3.05, 3.63) is 59.4 Å². The van der Waals surface area contributed by atoms with E-state index in [1.165, 1.54) is 4.68 Å². The number of benzene rings is 1. The lowest BCUT2D eigenvalue weighted by atomic mass is 10.1. The minimum atomic E-state index is -4.27. The molecule has 45 heavy (non-hydrogen) atoms. The lowest BCUT2D eigenvalue weighted by Gasteiger charge is -2.36. The molecule has 0 aliphatic carbocycles. The Morgan fingerprint density at radius 1 is 0.956 bits per heavy atom. The summed E-state index contributed by atoms with van der Waals surface area (Å²) >= 11 is 0. The van der Waals surface area contributed by atoms with Crippen LogP contribution in [0.3, 0.4) is 0 Å². The van der Waals surface area contributed by atoms with Gasteiger partial charge in [-0.15, -0.1) is 0 Å².